The van der Waals surface area contributed by atoms with Crippen molar-refractivity contribution in [3.63, 3.8) is 0 Å². The first kappa shape index (κ1) is 24.7. The van der Waals surface area contributed by atoms with Crippen molar-refractivity contribution in [2.45, 2.75) is 50.7 Å². The number of fused-ring (bicyclic) bond motifs is 1. The molecule has 2 aromatic carbocycles. The van der Waals surface area contributed by atoms with Crippen molar-refractivity contribution in [1.82, 2.24) is 9.88 Å². The van der Waals surface area contributed by atoms with Crippen LogP contribution >= 0.6 is 0 Å². The van der Waals surface area contributed by atoms with Crippen LogP contribution in [0.1, 0.15) is 55.8 Å². The van der Waals surface area contributed by atoms with Gasteiger partial charge in [-0.05, 0) is 85.4 Å². The summed E-state index contributed by atoms with van der Waals surface area (Å²) in [6.07, 6.45) is 4.21. The second kappa shape index (κ2) is 10.6. The van der Waals surface area contributed by atoms with Gasteiger partial charge in [-0.3, -0.25) is 14.7 Å². The molecule has 1 saturated heterocycles. The van der Waals surface area contributed by atoms with Gasteiger partial charge in [-0.1, -0.05) is 37.3 Å². The SMILES string of the molecule is COc1ccc2nccc(C(O)CC[C@@H]3CCN(C4CC(c5ccccc5)C4C)C[C@@H]3C(=O)O)c2c1. The Hall–Kier alpha value is -2.96. The number of methoxy groups -OCH3 is 1. The average Bonchev–Trinajstić information content (AvgIpc) is 2.91. The molecule has 0 amide bonds. The minimum atomic E-state index is -0.718. The van der Waals surface area contributed by atoms with E-state index in [1.54, 1.807) is 13.3 Å². The zero-order chi connectivity index (χ0) is 25.2. The molecule has 2 fully saturated rings. The first-order valence-corrected chi connectivity index (χ1v) is 13.1. The number of nitrogens with zero attached hydrogens (tertiary/aromatic N) is 2. The molecular formula is C30H36N2O4. The summed E-state index contributed by atoms with van der Waals surface area (Å²) in [5.41, 5.74) is 3.02. The molecule has 6 atom stereocenters. The Morgan fingerprint density at radius 1 is 1.19 bits per heavy atom. The van der Waals surface area contributed by atoms with Gasteiger partial charge in [-0.2, -0.15) is 0 Å². The lowest BCUT2D eigenvalue weighted by Crippen LogP contribution is -2.55. The Morgan fingerprint density at radius 3 is 2.72 bits per heavy atom. The van der Waals surface area contributed by atoms with E-state index in [9.17, 15) is 15.0 Å². The average molecular weight is 489 g/mol. The van der Waals surface area contributed by atoms with E-state index in [0.29, 0.717) is 37.3 Å². The summed E-state index contributed by atoms with van der Waals surface area (Å²) in [5.74, 6) is 0.754. The van der Waals surface area contributed by atoms with Crippen molar-refractivity contribution >= 4 is 16.9 Å². The zero-order valence-corrected chi connectivity index (χ0v) is 21.1. The van der Waals surface area contributed by atoms with Crippen LogP contribution in [0.25, 0.3) is 10.9 Å². The van der Waals surface area contributed by atoms with E-state index in [2.05, 4.69) is 47.1 Å². The van der Waals surface area contributed by atoms with Crippen LogP contribution in [0.5, 0.6) is 5.75 Å². The molecule has 6 heteroatoms. The van der Waals surface area contributed by atoms with Crippen molar-refractivity contribution in [3.05, 3.63) is 71.9 Å². The Morgan fingerprint density at radius 2 is 2.00 bits per heavy atom. The number of pyridine rings is 1. The van der Waals surface area contributed by atoms with Crippen molar-refractivity contribution in [1.29, 1.82) is 0 Å². The van der Waals surface area contributed by atoms with Crippen molar-refractivity contribution < 1.29 is 19.7 Å². The Labute approximate surface area is 212 Å². The number of piperidine rings is 1. The van der Waals surface area contributed by atoms with Crippen molar-refractivity contribution in [2.75, 3.05) is 20.2 Å². The highest BCUT2D eigenvalue weighted by molar-refractivity contribution is 5.83. The highest BCUT2D eigenvalue weighted by atomic mass is 16.5. The topological polar surface area (TPSA) is 82.9 Å². The predicted octanol–water partition coefficient (Wildman–Crippen LogP) is 5.27. The summed E-state index contributed by atoms with van der Waals surface area (Å²) in [6.45, 7) is 3.83. The van der Waals surface area contributed by atoms with Crippen LogP contribution in [0, 0.1) is 17.8 Å². The van der Waals surface area contributed by atoms with E-state index in [-0.39, 0.29) is 5.92 Å². The standard InChI is InChI=1S/C30H36N2O4/c1-19-24(20-6-4-3-5-7-20)17-28(19)32-15-13-21(26(18-32)30(34)35)8-11-29(33)23-12-14-31-27-10-9-22(36-2)16-25(23)27/h3-7,9-10,12,14,16,19,21,24,26,28-29,33H,8,11,13,15,17-18H2,1-2H3,(H,34,35)/t19?,21-,24?,26+,28?,29?/m1/s1. The van der Waals surface area contributed by atoms with E-state index in [0.717, 1.165) is 41.6 Å². The van der Waals surface area contributed by atoms with E-state index in [1.807, 2.05) is 24.3 Å². The van der Waals surface area contributed by atoms with Gasteiger partial charge in [0.05, 0.1) is 24.6 Å². The Bertz CT molecular complexity index is 1200. The van der Waals surface area contributed by atoms with E-state index < -0.39 is 18.0 Å². The van der Waals surface area contributed by atoms with Gasteiger partial charge in [0, 0.05) is 24.2 Å². The van der Waals surface area contributed by atoms with Gasteiger partial charge in [-0.15, -0.1) is 0 Å². The Balaban J connectivity index is 1.22. The van der Waals surface area contributed by atoms with Gasteiger partial charge in [0.1, 0.15) is 5.75 Å². The number of aliphatic carboxylic acids is 1. The maximum atomic E-state index is 12.3. The molecule has 0 radical (unpaired) electrons. The number of benzene rings is 2. The van der Waals surface area contributed by atoms with Gasteiger partial charge in [0.25, 0.3) is 0 Å². The number of carboxylic acids is 1. The van der Waals surface area contributed by atoms with Crippen LogP contribution in [0.3, 0.4) is 0 Å². The third kappa shape index (κ3) is 4.84. The van der Waals surface area contributed by atoms with Gasteiger partial charge in [0.15, 0.2) is 0 Å². The summed E-state index contributed by atoms with van der Waals surface area (Å²) in [5, 5.41) is 22.0. The molecular weight excluding hydrogens is 452 g/mol. The molecule has 2 aliphatic rings. The molecule has 4 unspecified atom stereocenters. The fourth-order valence-electron chi connectivity index (χ4n) is 6.43. The number of aliphatic hydroxyl groups excluding tert-OH is 1. The van der Waals surface area contributed by atoms with Crippen molar-refractivity contribution in [2.24, 2.45) is 17.8 Å². The number of hydrogen-bond donors (Lipinski definition) is 2. The fraction of sp³-hybridized carbons (Fsp3) is 0.467. The number of aromatic nitrogens is 1. The summed E-state index contributed by atoms with van der Waals surface area (Å²) in [6, 6.07) is 18.6. The Kier molecular flexibility index (Phi) is 7.26. The number of likely N-dealkylation sites (tertiary alicyclic amines) is 1. The van der Waals surface area contributed by atoms with Crippen LogP contribution in [-0.4, -0.2) is 52.3 Å². The molecule has 1 aliphatic carbocycles. The minimum absolute atomic E-state index is 0.0661. The maximum Gasteiger partial charge on any atom is 0.308 e. The predicted molar refractivity (Wildman–Crippen MR) is 140 cm³/mol. The summed E-state index contributed by atoms with van der Waals surface area (Å²) < 4.78 is 5.36. The number of carboxylic acid groups (broad SMARTS) is 1. The molecule has 0 spiro atoms. The summed E-state index contributed by atoms with van der Waals surface area (Å²) in [4.78, 5) is 19.1. The smallest absolute Gasteiger partial charge is 0.308 e. The molecule has 1 aromatic heterocycles. The molecule has 0 bridgehead atoms. The number of rotatable bonds is 8. The van der Waals surface area contributed by atoms with Crippen LogP contribution in [0.4, 0.5) is 0 Å². The number of hydrogen-bond acceptors (Lipinski definition) is 5. The number of carbonyl (C=O) groups is 1. The van der Waals surface area contributed by atoms with Gasteiger partial charge in [0.2, 0.25) is 0 Å². The molecule has 2 N–H and O–H groups in total. The second-order valence-electron chi connectivity index (χ2n) is 10.5. The van der Waals surface area contributed by atoms with Crippen LogP contribution in [-0.2, 0) is 4.79 Å². The lowest BCUT2D eigenvalue weighted by molar-refractivity contribution is -0.147. The zero-order valence-electron chi connectivity index (χ0n) is 21.1. The maximum absolute atomic E-state index is 12.3. The molecule has 6 nitrogen and oxygen atoms in total. The lowest BCUT2D eigenvalue weighted by Gasteiger charge is -2.52. The largest absolute Gasteiger partial charge is 0.497 e. The normalized spacial score (nSPS) is 27.4. The number of aliphatic hydroxyl groups is 1. The molecule has 1 saturated carbocycles. The first-order valence-electron chi connectivity index (χ1n) is 13.1. The van der Waals surface area contributed by atoms with Crippen LogP contribution in [0.2, 0.25) is 0 Å². The van der Waals surface area contributed by atoms with Crippen molar-refractivity contribution in [3.8, 4) is 5.75 Å². The lowest BCUT2D eigenvalue weighted by atomic mass is 9.65. The monoisotopic (exact) mass is 488 g/mol. The van der Waals surface area contributed by atoms with Crippen LogP contribution in [0.15, 0.2) is 60.8 Å². The third-order valence-corrected chi connectivity index (χ3v) is 8.69. The van der Waals surface area contributed by atoms with Crippen LogP contribution < -0.4 is 4.74 Å². The quantitative estimate of drug-likeness (QED) is 0.449. The van der Waals surface area contributed by atoms with Gasteiger partial charge < -0.3 is 14.9 Å². The summed E-state index contributed by atoms with van der Waals surface area (Å²) >= 11 is 0. The molecule has 190 valence electrons. The number of ether oxygens (including phenoxy) is 1. The molecule has 2 heterocycles. The fourth-order valence-corrected chi connectivity index (χ4v) is 6.43. The van der Waals surface area contributed by atoms with E-state index in [1.165, 1.54) is 5.56 Å². The van der Waals surface area contributed by atoms with E-state index in [4.69, 9.17) is 4.74 Å². The summed E-state index contributed by atoms with van der Waals surface area (Å²) in [7, 11) is 1.62. The molecule has 36 heavy (non-hydrogen) atoms. The molecule has 1 aliphatic heterocycles. The van der Waals surface area contributed by atoms with Gasteiger partial charge in [-0.25, -0.2) is 0 Å². The minimum Gasteiger partial charge on any atom is -0.497 e. The van der Waals surface area contributed by atoms with Gasteiger partial charge >= 0.3 is 5.97 Å². The first-order chi connectivity index (χ1) is 17.5. The highest BCUT2D eigenvalue weighted by Gasteiger charge is 2.45. The molecule has 5 rings (SSSR count). The highest BCUT2D eigenvalue weighted by Crippen LogP contribution is 2.46. The third-order valence-electron chi connectivity index (χ3n) is 8.69. The second-order valence-corrected chi connectivity index (χ2v) is 10.5. The molecule has 3 aromatic rings. The van der Waals surface area contributed by atoms with E-state index >= 15 is 0 Å².